The van der Waals surface area contributed by atoms with Crippen LogP contribution < -0.4 is 15.0 Å². The van der Waals surface area contributed by atoms with E-state index in [9.17, 15) is 9.59 Å². The molecule has 0 spiro atoms. The smallest absolute Gasteiger partial charge is 0.263 e. The van der Waals surface area contributed by atoms with E-state index in [1.807, 2.05) is 30.8 Å². The molecule has 4 heterocycles. The highest BCUT2D eigenvalue weighted by Crippen LogP contribution is 2.42. The number of Topliss-reactive ketones (excluding diaryl/α,β-unsaturated/α-hetero) is 1. The number of aromatic nitrogens is 3. The van der Waals surface area contributed by atoms with Crippen LogP contribution in [0.3, 0.4) is 0 Å². The van der Waals surface area contributed by atoms with Crippen LogP contribution in [-0.4, -0.2) is 45.1 Å². The second-order valence-electron chi connectivity index (χ2n) is 11.5. The second-order valence-corrected chi connectivity index (χ2v) is 12.5. The third-order valence-electron chi connectivity index (χ3n) is 7.87. The Morgan fingerprint density at radius 1 is 1.26 bits per heavy atom. The fourth-order valence-electron chi connectivity index (χ4n) is 5.47. The third-order valence-corrected chi connectivity index (χ3v) is 8.99. The predicted octanol–water partition coefficient (Wildman–Crippen LogP) is 5.39. The molecule has 0 bridgehead atoms. The topological polar surface area (TPSA) is 89.4 Å². The number of amides is 1. The molecule has 2 aliphatic heterocycles. The van der Waals surface area contributed by atoms with Crippen molar-refractivity contribution in [3.63, 3.8) is 0 Å². The van der Waals surface area contributed by atoms with Gasteiger partial charge in [-0.1, -0.05) is 24.3 Å². The van der Waals surface area contributed by atoms with Crippen LogP contribution in [0.2, 0.25) is 0 Å². The lowest BCUT2D eigenvalue weighted by molar-refractivity contribution is -0.123. The van der Waals surface area contributed by atoms with Crippen LogP contribution in [0.4, 0.5) is 10.8 Å². The highest BCUT2D eigenvalue weighted by molar-refractivity contribution is 7.17. The van der Waals surface area contributed by atoms with E-state index in [2.05, 4.69) is 40.6 Å². The molecule has 6 rings (SSSR count). The first-order chi connectivity index (χ1) is 18.3. The first-order valence-electron chi connectivity index (χ1n) is 13.7. The van der Waals surface area contributed by atoms with Gasteiger partial charge in [0.1, 0.15) is 23.0 Å². The number of benzene rings is 1. The number of unbranched alkanes of at least 4 members (excludes halogenated alkanes) is 1. The van der Waals surface area contributed by atoms with Crippen molar-refractivity contribution in [2.45, 2.75) is 71.4 Å². The predicted molar refractivity (Wildman–Crippen MR) is 148 cm³/mol. The molecule has 38 heavy (non-hydrogen) atoms. The Morgan fingerprint density at radius 3 is 2.92 bits per heavy atom. The quantitative estimate of drug-likeness (QED) is 0.371. The van der Waals surface area contributed by atoms with E-state index in [0.717, 1.165) is 52.8 Å². The highest BCUT2D eigenvalue weighted by atomic mass is 32.1. The van der Waals surface area contributed by atoms with E-state index in [-0.39, 0.29) is 17.4 Å². The van der Waals surface area contributed by atoms with Gasteiger partial charge in [0, 0.05) is 42.6 Å². The SMILES string of the molecule is CC(C(=O)CCCCn1cc(-c2ccc3c(c2)N(c2nc4c(s2)C(=O)NC(C)(C)C4)CCO3)cn1)C1CC1. The van der Waals surface area contributed by atoms with Crippen molar-refractivity contribution < 1.29 is 14.3 Å². The number of ether oxygens (including phenoxy) is 1. The van der Waals surface area contributed by atoms with Gasteiger partial charge in [0.2, 0.25) is 0 Å². The van der Waals surface area contributed by atoms with Crippen LogP contribution in [0.25, 0.3) is 11.1 Å². The Bertz CT molecular complexity index is 1370. The Labute approximate surface area is 227 Å². The molecule has 9 heteroatoms. The fourth-order valence-corrected chi connectivity index (χ4v) is 6.49. The number of fused-ring (bicyclic) bond motifs is 2. The van der Waals surface area contributed by atoms with Crippen LogP contribution in [0.1, 0.15) is 68.2 Å². The van der Waals surface area contributed by atoms with Crippen molar-refractivity contribution >= 4 is 33.8 Å². The van der Waals surface area contributed by atoms with Crippen LogP contribution in [0.15, 0.2) is 30.6 Å². The molecule has 0 saturated heterocycles. The summed E-state index contributed by atoms with van der Waals surface area (Å²) in [5.41, 5.74) is 3.62. The molecule has 1 saturated carbocycles. The van der Waals surface area contributed by atoms with Crippen molar-refractivity contribution in [2.24, 2.45) is 11.8 Å². The molecular formula is C29H35N5O3S. The van der Waals surface area contributed by atoms with Gasteiger partial charge in [-0.3, -0.25) is 14.3 Å². The Hall–Kier alpha value is -3.20. The van der Waals surface area contributed by atoms with Gasteiger partial charge in [-0.2, -0.15) is 5.10 Å². The van der Waals surface area contributed by atoms with E-state index < -0.39 is 0 Å². The zero-order valence-corrected chi connectivity index (χ0v) is 23.1. The number of carbonyl (C=O) groups is 2. The van der Waals surface area contributed by atoms with Crippen molar-refractivity contribution in [2.75, 3.05) is 18.1 Å². The first-order valence-corrected chi connectivity index (χ1v) is 14.5. The molecular weight excluding hydrogens is 498 g/mol. The summed E-state index contributed by atoms with van der Waals surface area (Å²) in [7, 11) is 0. The van der Waals surface area contributed by atoms with E-state index in [4.69, 9.17) is 9.72 Å². The van der Waals surface area contributed by atoms with Gasteiger partial charge in [0.25, 0.3) is 5.91 Å². The van der Waals surface area contributed by atoms with Gasteiger partial charge in [-0.25, -0.2) is 4.98 Å². The Morgan fingerprint density at radius 2 is 2.11 bits per heavy atom. The second kappa shape index (κ2) is 9.84. The molecule has 1 unspecified atom stereocenters. The van der Waals surface area contributed by atoms with E-state index in [1.165, 1.54) is 24.2 Å². The summed E-state index contributed by atoms with van der Waals surface area (Å²) >= 11 is 1.45. The van der Waals surface area contributed by atoms with Crippen molar-refractivity contribution in [3.05, 3.63) is 41.2 Å². The maximum Gasteiger partial charge on any atom is 0.263 e. The van der Waals surface area contributed by atoms with Crippen LogP contribution in [-0.2, 0) is 17.8 Å². The van der Waals surface area contributed by atoms with Crippen molar-refractivity contribution in [1.29, 1.82) is 0 Å². The summed E-state index contributed by atoms with van der Waals surface area (Å²) in [4.78, 5) is 32.7. The minimum absolute atomic E-state index is 0.0450. The first kappa shape index (κ1) is 25.1. The standard InChI is InChI=1S/C29H35N5O3S/c1-18(19-7-8-19)24(35)6-4-5-11-33-17-21(16-30-33)20-9-10-25-23(14-20)34(12-13-37-25)28-31-22-15-29(2,3)32-27(36)26(22)38-28/h9-10,14,16-19H,4-8,11-13,15H2,1-3H3,(H,32,36). The summed E-state index contributed by atoms with van der Waals surface area (Å²) in [6.07, 6.45) is 9.64. The van der Waals surface area contributed by atoms with Crippen LogP contribution in [0, 0.1) is 11.8 Å². The zero-order chi connectivity index (χ0) is 26.4. The molecule has 2 aromatic heterocycles. The summed E-state index contributed by atoms with van der Waals surface area (Å²) in [6, 6.07) is 6.19. The van der Waals surface area contributed by atoms with E-state index in [1.54, 1.807) is 0 Å². The molecule has 1 atom stereocenters. The number of hydrogen-bond donors (Lipinski definition) is 1. The van der Waals surface area contributed by atoms with Gasteiger partial charge in [-0.15, -0.1) is 0 Å². The van der Waals surface area contributed by atoms with Crippen molar-refractivity contribution in [1.82, 2.24) is 20.1 Å². The number of ketones is 1. The summed E-state index contributed by atoms with van der Waals surface area (Å²) in [6.45, 7) is 8.18. The average molecular weight is 534 g/mol. The van der Waals surface area contributed by atoms with Gasteiger partial charge in [-0.05, 0) is 63.1 Å². The lowest BCUT2D eigenvalue weighted by Gasteiger charge is -2.29. The van der Waals surface area contributed by atoms with Gasteiger partial charge >= 0.3 is 0 Å². The number of nitrogens with one attached hydrogen (secondary N) is 1. The lowest BCUT2D eigenvalue weighted by Crippen LogP contribution is -2.48. The molecule has 8 nitrogen and oxygen atoms in total. The Balaban J connectivity index is 1.15. The molecule has 1 N–H and O–H groups in total. The van der Waals surface area contributed by atoms with Gasteiger partial charge < -0.3 is 15.0 Å². The number of anilines is 2. The summed E-state index contributed by atoms with van der Waals surface area (Å²) < 4.78 is 7.92. The van der Waals surface area contributed by atoms with Gasteiger partial charge in [0.05, 0.1) is 24.1 Å². The van der Waals surface area contributed by atoms with Crippen LogP contribution >= 0.6 is 11.3 Å². The molecule has 1 aliphatic carbocycles. The minimum Gasteiger partial charge on any atom is -0.490 e. The average Bonchev–Trinajstić information content (AvgIpc) is 3.48. The molecule has 3 aromatic rings. The molecule has 200 valence electrons. The molecule has 1 fully saturated rings. The number of thiazole rings is 1. The monoisotopic (exact) mass is 533 g/mol. The normalized spacial score (nSPS) is 18.8. The molecule has 1 aromatic carbocycles. The number of aryl methyl sites for hydroxylation is 1. The maximum atomic E-state index is 12.7. The number of nitrogens with zero attached hydrogens (tertiary/aromatic N) is 4. The zero-order valence-electron chi connectivity index (χ0n) is 22.3. The van der Waals surface area contributed by atoms with Crippen molar-refractivity contribution in [3.8, 4) is 16.9 Å². The van der Waals surface area contributed by atoms with E-state index in [0.29, 0.717) is 42.6 Å². The van der Waals surface area contributed by atoms with E-state index >= 15 is 0 Å². The number of carbonyl (C=O) groups excluding carboxylic acids is 2. The maximum absolute atomic E-state index is 12.7. The largest absolute Gasteiger partial charge is 0.490 e. The summed E-state index contributed by atoms with van der Waals surface area (Å²) in [5, 5.41) is 8.47. The molecule has 3 aliphatic rings. The highest BCUT2D eigenvalue weighted by Gasteiger charge is 2.35. The number of hydrogen-bond acceptors (Lipinski definition) is 7. The lowest BCUT2D eigenvalue weighted by atomic mass is 9.94. The minimum atomic E-state index is -0.295. The number of rotatable bonds is 9. The molecule has 0 radical (unpaired) electrons. The Kier molecular flexibility index (Phi) is 6.50. The third kappa shape index (κ3) is 5.08. The van der Waals surface area contributed by atoms with Gasteiger partial charge in [0.15, 0.2) is 5.13 Å². The molecule has 1 amide bonds. The fraction of sp³-hybridized carbons (Fsp3) is 0.517. The van der Waals surface area contributed by atoms with Crippen LogP contribution in [0.5, 0.6) is 5.75 Å². The summed E-state index contributed by atoms with van der Waals surface area (Å²) in [5.74, 6) is 2.06.